The van der Waals surface area contributed by atoms with Gasteiger partial charge in [-0.1, -0.05) is 55.7 Å². The molecule has 1 aliphatic heterocycles. The SMILES string of the molecule is O=C(/C=C/C1(C2SCCCS2)CCCCC1)OCc1ccccc1. The third kappa shape index (κ3) is 4.82. The summed E-state index contributed by atoms with van der Waals surface area (Å²) in [5.74, 6) is 2.30. The van der Waals surface area contributed by atoms with Crippen LogP contribution in [-0.4, -0.2) is 22.1 Å². The maximum Gasteiger partial charge on any atom is 0.330 e. The predicted molar refractivity (Wildman–Crippen MR) is 104 cm³/mol. The third-order valence-electron chi connectivity index (χ3n) is 4.86. The Balaban J connectivity index is 1.61. The molecule has 1 heterocycles. The zero-order chi connectivity index (χ0) is 16.7. The van der Waals surface area contributed by atoms with Gasteiger partial charge >= 0.3 is 5.97 Å². The topological polar surface area (TPSA) is 26.3 Å². The van der Waals surface area contributed by atoms with Gasteiger partial charge in [0.05, 0.1) is 4.58 Å². The van der Waals surface area contributed by atoms with E-state index >= 15 is 0 Å². The van der Waals surface area contributed by atoms with Gasteiger partial charge in [-0.2, -0.15) is 0 Å². The van der Waals surface area contributed by atoms with Gasteiger partial charge in [-0.05, 0) is 36.3 Å². The predicted octanol–water partition coefficient (Wildman–Crippen LogP) is 5.43. The van der Waals surface area contributed by atoms with Gasteiger partial charge in [-0.25, -0.2) is 4.79 Å². The molecule has 2 aliphatic rings. The molecule has 1 saturated carbocycles. The maximum atomic E-state index is 12.2. The summed E-state index contributed by atoms with van der Waals surface area (Å²) in [6, 6.07) is 9.86. The zero-order valence-electron chi connectivity index (χ0n) is 14.1. The first-order valence-corrected chi connectivity index (χ1v) is 11.0. The highest BCUT2D eigenvalue weighted by atomic mass is 32.2. The molecular weight excluding hydrogens is 336 g/mol. The lowest BCUT2D eigenvalue weighted by atomic mass is 9.75. The molecule has 0 N–H and O–H groups in total. The molecule has 3 rings (SSSR count). The monoisotopic (exact) mass is 362 g/mol. The molecule has 24 heavy (non-hydrogen) atoms. The number of esters is 1. The second-order valence-corrected chi connectivity index (χ2v) is 9.37. The Bertz CT molecular complexity index is 544. The van der Waals surface area contributed by atoms with Gasteiger partial charge < -0.3 is 4.74 Å². The smallest absolute Gasteiger partial charge is 0.330 e. The number of carbonyl (C=O) groups is 1. The van der Waals surface area contributed by atoms with Crippen molar-refractivity contribution in [3.05, 3.63) is 48.0 Å². The van der Waals surface area contributed by atoms with Crippen molar-refractivity contribution in [2.45, 2.75) is 49.7 Å². The van der Waals surface area contributed by atoms with E-state index in [0.29, 0.717) is 11.2 Å². The number of hydrogen-bond acceptors (Lipinski definition) is 4. The average molecular weight is 363 g/mol. The first-order valence-electron chi connectivity index (χ1n) is 8.92. The Morgan fingerprint density at radius 2 is 1.79 bits per heavy atom. The number of hydrogen-bond donors (Lipinski definition) is 0. The normalized spacial score (nSPS) is 21.7. The van der Waals surface area contributed by atoms with Crippen molar-refractivity contribution in [2.75, 3.05) is 11.5 Å². The number of thioether (sulfide) groups is 2. The molecule has 4 heteroatoms. The fraction of sp³-hybridized carbons (Fsp3) is 0.550. The van der Waals surface area contributed by atoms with Gasteiger partial charge in [0.2, 0.25) is 0 Å². The second-order valence-electron chi connectivity index (χ2n) is 6.65. The highest BCUT2D eigenvalue weighted by Crippen LogP contribution is 2.51. The molecule has 0 aromatic heterocycles. The van der Waals surface area contributed by atoms with Crippen LogP contribution in [0.25, 0.3) is 0 Å². The Morgan fingerprint density at radius 3 is 2.50 bits per heavy atom. The van der Waals surface area contributed by atoms with E-state index in [0.717, 1.165) is 5.56 Å². The van der Waals surface area contributed by atoms with E-state index < -0.39 is 0 Å². The summed E-state index contributed by atoms with van der Waals surface area (Å²) in [6.45, 7) is 0.351. The van der Waals surface area contributed by atoms with Gasteiger partial charge in [0.15, 0.2) is 0 Å². The fourth-order valence-corrected chi connectivity index (χ4v) is 7.01. The van der Waals surface area contributed by atoms with Crippen LogP contribution in [0.3, 0.4) is 0 Å². The molecule has 0 bridgehead atoms. The van der Waals surface area contributed by atoms with E-state index in [1.165, 1.54) is 50.0 Å². The number of rotatable bonds is 5. The summed E-state index contributed by atoms with van der Waals surface area (Å²) in [5.41, 5.74) is 1.21. The van der Waals surface area contributed by atoms with Gasteiger partial charge in [0.25, 0.3) is 0 Å². The van der Waals surface area contributed by atoms with Crippen molar-refractivity contribution in [3.8, 4) is 0 Å². The van der Waals surface area contributed by atoms with Gasteiger partial charge in [0, 0.05) is 11.5 Å². The molecule has 2 nitrogen and oxygen atoms in total. The lowest BCUT2D eigenvalue weighted by Crippen LogP contribution is -2.33. The summed E-state index contributed by atoms with van der Waals surface area (Å²) in [4.78, 5) is 12.2. The molecule has 0 amide bonds. The minimum Gasteiger partial charge on any atom is -0.458 e. The number of carbonyl (C=O) groups excluding carboxylic acids is 1. The van der Waals surface area contributed by atoms with Crippen LogP contribution in [0.4, 0.5) is 0 Å². The van der Waals surface area contributed by atoms with Crippen LogP contribution in [0.2, 0.25) is 0 Å². The van der Waals surface area contributed by atoms with E-state index in [1.807, 2.05) is 30.3 Å². The molecule has 0 unspecified atom stereocenters. The van der Waals surface area contributed by atoms with Crippen LogP contribution in [0.1, 0.15) is 44.1 Å². The Labute approximate surface area is 153 Å². The van der Waals surface area contributed by atoms with Crippen molar-refractivity contribution in [2.24, 2.45) is 5.41 Å². The van der Waals surface area contributed by atoms with E-state index in [2.05, 4.69) is 29.6 Å². The minimum atomic E-state index is -0.213. The van der Waals surface area contributed by atoms with Crippen molar-refractivity contribution < 1.29 is 9.53 Å². The summed E-state index contributed by atoms with van der Waals surface area (Å²) < 4.78 is 6.01. The third-order valence-corrected chi connectivity index (χ3v) is 8.27. The molecular formula is C20H26O2S2. The molecule has 1 aromatic rings. The molecule has 1 aliphatic carbocycles. The molecule has 130 valence electrons. The van der Waals surface area contributed by atoms with Crippen molar-refractivity contribution in [1.82, 2.24) is 0 Å². The molecule has 0 spiro atoms. The Kier molecular flexibility index (Phi) is 6.73. The van der Waals surface area contributed by atoms with Crippen LogP contribution >= 0.6 is 23.5 Å². The van der Waals surface area contributed by atoms with Gasteiger partial charge in [-0.3, -0.25) is 0 Å². The second kappa shape index (κ2) is 9.00. The van der Waals surface area contributed by atoms with Crippen LogP contribution < -0.4 is 0 Å². The van der Waals surface area contributed by atoms with Crippen LogP contribution in [-0.2, 0) is 16.1 Å². The molecule has 0 radical (unpaired) electrons. The number of benzene rings is 1. The molecule has 0 atom stereocenters. The largest absolute Gasteiger partial charge is 0.458 e. The highest BCUT2D eigenvalue weighted by Gasteiger charge is 2.39. The first-order chi connectivity index (χ1) is 11.8. The summed E-state index contributed by atoms with van der Waals surface area (Å²) in [6.07, 6.45) is 11.5. The molecule has 1 saturated heterocycles. The van der Waals surface area contributed by atoms with Crippen molar-refractivity contribution in [3.63, 3.8) is 0 Å². The lowest BCUT2D eigenvalue weighted by Gasteiger charge is -2.42. The summed E-state index contributed by atoms with van der Waals surface area (Å²) >= 11 is 4.18. The Morgan fingerprint density at radius 1 is 1.08 bits per heavy atom. The maximum absolute atomic E-state index is 12.2. The summed E-state index contributed by atoms with van der Waals surface area (Å²) in [5, 5.41) is 0. The van der Waals surface area contributed by atoms with Gasteiger partial charge in [-0.15, -0.1) is 23.5 Å². The van der Waals surface area contributed by atoms with Crippen LogP contribution in [0, 0.1) is 5.41 Å². The lowest BCUT2D eigenvalue weighted by molar-refractivity contribution is -0.139. The van der Waals surface area contributed by atoms with Crippen LogP contribution in [0.15, 0.2) is 42.5 Å². The van der Waals surface area contributed by atoms with E-state index in [4.69, 9.17) is 4.74 Å². The van der Waals surface area contributed by atoms with E-state index in [-0.39, 0.29) is 11.4 Å². The van der Waals surface area contributed by atoms with E-state index in [1.54, 1.807) is 6.08 Å². The molecule has 2 fully saturated rings. The van der Waals surface area contributed by atoms with E-state index in [9.17, 15) is 4.79 Å². The quantitative estimate of drug-likeness (QED) is 0.515. The Hall–Kier alpha value is -0.870. The van der Waals surface area contributed by atoms with Crippen LogP contribution in [0.5, 0.6) is 0 Å². The summed E-state index contributed by atoms with van der Waals surface area (Å²) in [7, 11) is 0. The first kappa shape index (κ1) is 17.9. The minimum absolute atomic E-state index is 0.180. The number of allylic oxidation sites excluding steroid dienone is 1. The highest BCUT2D eigenvalue weighted by molar-refractivity contribution is 8.17. The van der Waals surface area contributed by atoms with Crippen molar-refractivity contribution >= 4 is 29.5 Å². The standard InChI is InChI=1S/C20H26O2S2/c21-18(22-16-17-8-3-1-4-9-17)10-13-20(11-5-2-6-12-20)19-23-14-7-15-24-19/h1,3-4,8-10,13,19H,2,5-7,11-12,14-16H2/b13-10+. The average Bonchev–Trinajstić information content (AvgIpc) is 2.67. The fourth-order valence-electron chi connectivity index (χ4n) is 3.52. The molecule has 1 aromatic carbocycles. The van der Waals surface area contributed by atoms with Gasteiger partial charge in [0.1, 0.15) is 6.61 Å². The number of ether oxygens (including phenoxy) is 1. The zero-order valence-corrected chi connectivity index (χ0v) is 15.7. The van der Waals surface area contributed by atoms with Crippen molar-refractivity contribution in [1.29, 1.82) is 0 Å².